The van der Waals surface area contributed by atoms with Crippen LogP contribution in [0.5, 0.6) is 11.5 Å². The van der Waals surface area contributed by atoms with Crippen molar-refractivity contribution in [2.45, 2.75) is 26.3 Å². The molecule has 0 saturated carbocycles. The van der Waals surface area contributed by atoms with Crippen molar-refractivity contribution in [2.75, 3.05) is 6.61 Å². The van der Waals surface area contributed by atoms with E-state index in [1.165, 1.54) is 22.3 Å². The normalized spacial score (nSPS) is 10.9. The molecule has 0 bridgehead atoms. The SMILES string of the molecule is C#CCOc1ccc2c(c1)c(-c1ccc(C(C)C)cc1)nc(=O)n2Cc1ccc(O)c(C(=O)O)c1. The van der Waals surface area contributed by atoms with Crippen LogP contribution in [-0.4, -0.2) is 32.3 Å². The third-order valence-corrected chi connectivity index (χ3v) is 5.76. The second-order valence-electron chi connectivity index (χ2n) is 8.43. The Morgan fingerprint density at radius 3 is 2.51 bits per heavy atom. The number of terminal acetylenes is 1. The first-order chi connectivity index (χ1) is 16.8. The lowest BCUT2D eigenvalue weighted by atomic mass is 9.99. The molecular weight excluding hydrogens is 444 g/mol. The Hall–Kier alpha value is -4.57. The summed E-state index contributed by atoms with van der Waals surface area (Å²) in [4.78, 5) is 29.0. The minimum absolute atomic E-state index is 0.0695. The van der Waals surface area contributed by atoms with Crippen LogP contribution in [0.1, 0.15) is 41.3 Å². The molecule has 0 aliphatic carbocycles. The molecular formula is C28H24N2O5. The molecule has 3 aromatic carbocycles. The summed E-state index contributed by atoms with van der Waals surface area (Å²) in [7, 11) is 0. The van der Waals surface area contributed by atoms with Crippen LogP contribution in [0.4, 0.5) is 0 Å². The van der Waals surface area contributed by atoms with E-state index in [4.69, 9.17) is 11.2 Å². The van der Waals surface area contributed by atoms with E-state index in [1.54, 1.807) is 24.3 Å². The number of phenols is 1. The van der Waals surface area contributed by atoms with Crippen molar-refractivity contribution in [1.82, 2.24) is 9.55 Å². The van der Waals surface area contributed by atoms with Crippen LogP contribution >= 0.6 is 0 Å². The number of carboxylic acids is 1. The zero-order valence-electron chi connectivity index (χ0n) is 19.4. The number of aromatic nitrogens is 2. The fourth-order valence-corrected chi connectivity index (χ4v) is 3.91. The van der Waals surface area contributed by atoms with E-state index in [1.807, 2.05) is 24.3 Å². The predicted octanol–water partition coefficient (Wildman–Crippen LogP) is 4.65. The summed E-state index contributed by atoms with van der Waals surface area (Å²) in [5.41, 5.74) is 2.89. The van der Waals surface area contributed by atoms with Gasteiger partial charge in [-0.1, -0.05) is 50.1 Å². The zero-order chi connectivity index (χ0) is 25.1. The lowest BCUT2D eigenvalue weighted by molar-refractivity contribution is 0.0693. The van der Waals surface area contributed by atoms with Crippen LogP contribution in [0.25, 0.3) is 22.2 Å². The molecule has 1 heterocycles. The highest BCUT2D eigenvalue weighted by Crippen LogP contribution is 2.30. The van der Waals surface area contributed by atoms with Crippen molar-refractivity contribution in [1.29, 1.82) is 0 Å². The van der Waals surface area contributed by atoms with Crippen molar-refractivity contribution >= 4 is 16.9 Å². The molecule has 7 heteroatoms. The molecule has 2 N–H and O–H groups in total. The number of aromatic hydroxyl groups is 1. The van der Waals surface area contributed by atoms with Gasteiger partial charge in [0.25, 0.3) is 0 Å². The number of nitrogens with zero attached hydrogens (tertiary/aromatic N) is 2. The fourth-order valence-electron chi connectivity index (χ4n) is 3.91. The van der Waals surface area contributed by atoms with Crippen LogP contribution in [0, 0.1) is 12.3 Å². The van der Waals surface area contributed by atoms with Crippen LogP contribution < -0.4 is 10.4 Å². The Bertz CT molecular complexity index is 1510. The second-order valence-corrected chi connectivity index (χ2v) is 8.43. The van der Waals surface area contributed by atoms with Gasteiger partial charge in [-0.05, 0) is 47.4 Å². The fraction of sp³-hybridized carbons (Fsp3) is 0.179. The molecule has 0 unspecified atom stereocenters. The summed E-state index contributed by atoms with van der Waals surface area (Å²) in [6, 6.07) is 17.4. The number of ether oxygens (including phenoxy) is 1. The summed E-state index contributed by atoms with van der Waals surface area (Å²) < 4.78 is 7.07. The molecule has 0 aliphatic heterocycles. The smallest absolute Gasteiger partial charge is 0.348 e. The van der Waals surface area contributed by atoms with E-state index in [0.717, 1.165) is 5.56 Å². The lowest BCUT2D eigenvalue weighted by Gasteiger charge is -2.15. The summed E-state index contributed by atoms with van der Waals surface area (Å²) in [6.07, 6.45) is 5.33. The summed E-state index contributed by atoms with van der Waals surface area (Å²) in [5, 5.41) is 19.8. The first-order valence-corrected chi connectivity index (χ1v) is 11.0. The highest BCUT2D eigenvalue weighted by molar-refractivity contribution is 5.93. The number of rotatable bonds is 7. The Labute approximate surface area is 202 Å². The van der Waals surface area contributed by atoms with Crippen LogP contribution in [0.3, 0.4) is 0 Å². The third-order valence-electron chi connectivity index (χ3n) is 5.76. The van der Waals surface area contributed by atoms with Gasteiger partial charge >= 0.3 is 11.7 Å². The Morgan fingerprint density at radius 2 is 1.86 bits per heavy atom. The van der Waals surface area contributed by atoms with Gasteiger partial charge in [-0.2, -0.15) is 4.98 Å². The van der Waals surface area contributed by atoms with Gasteiger partial charge in [0.1, 0.15) is 23.7 Å². The average molecular weight is 469 g/mol. The molecule has 0 radical (unpaired) electrons. The topological polar surface area (TPSA) is 102 Å². The van der Waals surface area contributed by atoms with Crippen LogP contribution in [0.15, 0.2) is 65.5 Å². The predicted molar refractivity (Wildman–Crippen MR) is 134 cm³/mol. The van der Waals surface area contributed by atoms with Gasteiger partial charge in [-0.25, -0.2) is 9.59 Å². The molecule has 4 aromatic rings. The molecule has 1 aromatic heterocycles. The quantitative estimate of drug-likeness (QED) is 0.383. The van der Waals surface area contributed by atoms with E-state index in [2.05, 4.69) is 24.8 Å². The average Bonchev–Trinajstić information content (AvgIpc) is 2.85. The van der Waals surface area contributed by atoms with Crippen molar-refractivity contribution in [3.63, 3.8) is 0 Å². The van der Waals surface area contributed by atoms with Crippen molar-refractivity contribution in [2.24, 2.45) is 0 Å². The molecule has 0 amide bonds. The molecule has 35 heavy (non-hydrogen) atoms. The highest BCUT2D eigenvalue weighted by atomic mass is 16.5. The number of fused-ring (bicyclic) bond motifs is 1. The van der Waals surface area contributed by atoms with E-state index < -0.39 is 11.7 Å². The molecule has 7 nitrogen and oxygen atoms in total. The number of hydrogen-bond acceptors (Lipinski definition) is 5. The monoisotopic (exact) mass is 468 g/mol. The molecule has 0 fully saturated rings. The van der Waals surface area contributed by atoms with Crippen molar-refractivity contribution in [3.8, 4) is 35.1 Å². The van der Waals surface area contributed by atoms with Gasteiger partial charge in [0, 0.05) is 10.9 Å². The first kappa shape index (κ1) is 23.6. The van der Waals surface area contributed by atoms with Crippen molar-refractivity contribution in [3.05, 3.63) is 87.8 Å². The van der Waals surface area contributed by atoms with E-state index in [0.29, 0.717) is 33.8 Å². The number of carboxylic acid groups (broad SMARTS) is 1. The Kier molecular flexibility index (Phi) is 6.56. The van der Waals surface area contributed by atoms with Crippen molar-refractivity contribution < 1.29 is 19.7 Å². The minimum Gasteiger partial charge on any atom is -0.507 e. The molecule has 176 valence electrons. The number of benzene rings is 3. The van der Waals surface area contributed by atoms with Crippen LogP contribution in [0.2, 0.25) is 0 Å². The molecule has 4 rings (SSSR count). The maximum atomic E-state index is 13.2. The molecule has 0 atom stereocenters. The van der Waals surface area contributed by atoms with Gasteiger partial charge in [0.2, 0.25) is 0 Å². The zero-order valence-corrected chi connectivity index (χ0v) is 19.4. The summed E-state index contributed by atoms with van der Waals surface area (Å²) in [5.74, 6) is 1.75. The maximum absolute atomic E-state index is 13.2. The molecule has 0 spiro atoms. The van der Waals surface area contributed by atoms with Crippen LogP contribution in [-0.2, 0) is 6.54 Å². The standard InChI is InChI=1S/C28H24N2O5/c1-4-13-35-21-10-11-24-22(15-21)26(20-8-6-19(7-9-20)17(2)3)29-28(34)30(24)16-18-5-12-25(31)23(14-18)27(32)33/h1,5-12,14-15,17,31H,13,16H2,2-3H3,(H,32,33). The second kappa shape index (κ2) is 9.74. The first-order valence-electron chi connectivity index (χ1n) is 11.0. The van der Waals surface area contributed by atoms with Gasteiger partial charge in [-0.15, -0.1) is 6.42 Å². The Balaban J connectivity index is 1.88. The van der Waals surface area contributed by atoms with Gasteiger partial charge in [0.05, 0.1) is 17.8 Å². The Morgan fingerprint density at radius 1 is 1.11 bits per heavy atom. The van der Waals surface area contributed by atoms with Gasteiger partial charge in [0.15, 0.2) is 0 Å². The van der Waals surface area contributed by atoms with Gasteiger partial charge < -0.3 is 14.9 Å². The van der Waals surface area contributed by atoms with E-state index in [-0.39, 0.29) is 24.5 Å². The molecule has 0 aliphatic rings. The summed E-state index contributed by atoms with van der Waals surface area (Å²) >= 11 is 0. The third kappa shape index (κ3) is 4.87. The highest BCUT2D eigenvalue weighted by Gasteiger charge is 2.16. The number of carbonyl (C=O) groups is 1. The maximum Gasteiger partial charge on any atom is 0.348 e. The largest absolute Gasteiger partial charge is 0.507 e. The van der Waals surface area contributed by atoms with E-state index >= 15 is 0 Å². The summed E-state index contributed by atoms with van der Waals surface area (Å²) in [6.45, 7) is 4.39. The lowest BCUT2D eigenvalue weighted by Crippen LogP contribution is -2.24. The van der Waals surface area contributed by atoms with Gasteiger partial charge in [-0.3, -0.25) is 4.57 Å². The number of hydrogen-bond donors (Lipinski definition) is 2. The molecule has 0 saturated heterocycles. The van der Waals surface area contributed by atoms with E-state index in [9.17, 15) is 19.8 Å². The number of aromatic carboxylic acids is 1. The minimum atomic E-state index is -1.25.